The van der Waals surface area contributed by atoms with Crippen LogP contribution in [0, 0.1) is 0 Å². The Morgan fingerprint density at radius 2 is 1.38 bits per heavy atom. The summed E-state index contributed by atoms with van der Waals surface area (Å²) in [6.07, 6.45) is 5.65. The number of anilines is 2. The Hall–Kier alpha value is -2.37. The number of rotatable bonds is 8. The Morgan fingerprint density at radius 1 is 0.792 bits per heavy atom. The fourth-order valence-electron chi connectivity index (χ4n) is 2.89. The average molecular weight is 323 g/mol. The van der Waals surface area contributed by atoms with Gasteiger partial charge >= 0.3 is 0 Å². The number of benzene rings is 2. The summed E-state index contributed by atoms with van der Waals surface area (Å²) < 4.78 is 0. The summed E-state index contributed by atoms with van der Waals surface area (Å²) in [6, 6.07) is 10.7. The van der Waals surface area contributed by atoms with E-state index in [9.17, 15) is 0 Å². The zero-order valence-corrected chi connectivity index (χ0v) is 13.9. The number of hydrogen-bond acceptors (Lipinski definition) is 5. The van der Waals surface area contributed by atoms with Crippen LogP contribution in [0.25, 0.3) is 21.5 Å². The molecule has 0 unspecified atom stereocenters. The van der Waals surface area contributed by atoms with Gasteiger partial charge in [0.1, 0.15) is 0 Å². The van der Waals surface area contributed by atoms with Crippen LogP contribution in [0.1, 0.15) is 12.8 Å². The van der Waals surface area contributed by atoms with Crippen molar-refractivity contribution in [2.24, 2.45) is 11.5 Å². The van der Waals surface area contributed by atoms with Crippen LogP contribution in [0.5, 0.6) is 0 Å². The lowest BCUT2D eigenvalue weighted by molar-refractivity contribution is 0.874. The first-order valence-electron chi connectivity index (χ1n) is 8.52. The highest BCUT2D eigenvalue weighted by molar-refractivity contribution is 6.08. The minimum Gasteiger partial charge on any atom is -0.384 e. The third-order valence-corrected chi connectivity index (χ3v) is 4.17. The minimum absolute atomic E-state index is 0.691. The molecule has 6 N–H and O–H groups in total. The fraction of sp³-hybridized carbons (Fsp3) is 0.316. The second kappa shape index (κ2) is 7.95. The van der Waals surface area contributed by atoms with Crippen molar-refractivity contribution in [3.63, 3.8) is 0 Å². The maximum atomic E-state index is 5.60. The molecule has 0 aliphatic carbocycles. The van der Waals surface area contributed by atoms with Crippen molar-refractivity contribution in [3.05, 3.63) is 42.7 Å². The molecule has 5 heteroatoms. The summed E-state index contributed by atoms with van der Waals surface area (Å²) in [5.74, 6) is 0. The van der Waals surface area contributed by atoms with Gasteiger partial charge in [0.25, 0.3) is 0 Å². The molecule has 0 amide bonds. The quantitative estimate of drug-likeness (QED) is 0.378. The van der Waals surface area contributed by atoms with Crippen molar-refractivity contribution in [1.29, 1.82) is 0 Å². The number of pyridine rings is 1. The first-order valence-corrected chi connectivity index (χ1v) is 8.52. The molecule has 0 aliphatic heterocycles. The van der Waals surface area contributed by atoms with E-state index in [1.165, 1.54) is 16.2 Å². The maximum absolute atomic E-state index is 5.60. The third-order valence-electron chi connectivity index (χ3n) is 4.17. The van der Waals surface area contributed by atoms with Crippen LogP contribution < -0.4 is 22.1 Å². The van der Waals surface area contributed by atoms with E-state index in [-0.39, 0.29) is 0 Å². The Balaban J connectivity index is 2.05. The summed E-state index contributed by atoms with van der Waals surface area (Å²) in [4.78, 5) is 4.24. The summed E-state index contributed by atoms with van der Waals surface area (Å²) in [5, 5.41) is 11.8. The van der Waals surface area contributed by atoms with Gasteiger partial charge in [-0.1, -0.05) is 0 Å². The van der Waals surface area contributed by atoms with E-state index in [4.69, 9.17) is 11.5 Å². The van der Waals surface area contributed by atoms with Crippen LogP contribution in [0.15, 0.2) is 42.7 Å². The van der Waals surface area contributed by atoms with Gasteiger partial charge < -0.3 is 22.1 Å². The van der Waals surface area contributed by atoms with Crippen LogP contribution in [-0.2, 0) is 0 Å². The standard InChI is InChI=1S/C19H25N5/c20-6-1-8-23-18-3-4-19(24-9-2-7-21)17-12-15-13-22-10-5-14(15)11-16(17)18/h3-5,10-13,23-24H,1-2,6-9,20-21H2. The molecule has 3 aromatic rings. The summed E-state index contributed by atoms with van der Waals surface area (Å²) in [7, 11) is 0. The van der Waals surface area contributed by atoms with Gasteiger partial charge in [0.15, 0.2) is 0 Å². The topological polar surface area (TPSA) is 89.0 Å². The van der Waals surface area contributed by atoms with E-state index < -0.39 is 0 Å². The highest BCUT2D eigenvalue weighted by Crippen LogP contribution is 2.33. The lowest BCUT2D eigenvalue weighted by Crippen LogP contribution is -2.10. The summed E-state index contributed by atoms with van der Waals surface area (Å²) in [6.45, 7) is 3.13. The molecule has 1 aromatic heterocycles. The fourth-order valence-corrected chi connectivity index (χ4v) is 2.89. The zero-order valence-electron chi connectivity index (χ0n) is 13.9. The van der Waals surface area contributed by atoms with E-state index in [1.807, 2.05) is 18.5 Å². The zero-order chi connectivity index (χ0) is 16.8. The molecule has 0 bridgehead atoms. The molecular weight excluding hydrogens is 298 g/mol. The summed E-state index contributed by atoms with van der Waals surface area (Å²) in [5.41, 5.74) is 13.5. The molecule has 1 heterocycles. The number of nitrogens with two attached hydrogens (primary N) is 2. The largest absolute Gasteiger partial charge is 0.384 e. The van der Waals surface area contributed by atoms with Gasteiger partial charge in [-0.25, -0.2) is 0 Å². The Kier molecular flexibility index (Phi) is 5.46. The summed E-state index contributed by atoms with van der Waals surface area (Å²) >= 11 is 0. The smallest absolute Gasteiger partial charge is 0.0421 e. The molecule has 0 atom stereocenters. The van der Waals surface area contributed by atoms with Gasteiger partial charge in [-0.15, -0.1) is 0 Å². The number of nitrogens with one attached hydrogen (secondary N) is 2. The van der Waals surface area contributed by atoms with Crippen molar-refractivity contribution >= 4 is 32.9 Å². The first kappa shape index (κ1) is 16.5. The molecular formula is C19H25N5. The normalized spacial score (nSPS) is 11.1. The van der Waals surface area contributed by atoms with Crippen molar-refractivity contribution < 1.29 is 0 Å². The van der Waals surface area contributed by atoms with Crippen LogP contribution in [-0.4, -0.2) is 31.2 Å². The van der Waals surface area contributed by atoms with E-state index >= 15 is 0 Å². The minimum atomic E-state index is 0.691. The third kappa shape index (κ3) is 3.58. The van der Waals surface area contributed by atoms with Gasteiger partial charge in [-0.05, 0) is 61.6 Å². The molecule has 0 radical (unpaired) electrons. The molecule has 0 spiro atoms. The highest BCUT2D eigenvalue weighted by atomic mass is 14.9. The lowest BCUT2D eigenvalue weighted by atomic mass is 10.0. The van der Waals surface area contributed by atoms with Gasteiger partial charge in [-0.2, -0.15) is 0 Å². The van der Waals surface area contributed by atoms with Gasteiger partial charge in [0, 0.05) is 53.0 Å². The van der Waals surface area contributed by atoms with Crippen molar-refractivity contribution in [3.8, 4) is 0 Å². The molecule has 3 rings (SSSR count). The van der Waals surface area contributed by atoms with Gasteiger partial charge in [-0.3, -0.25) is 4.98 Å². The van der Waals surface area contributed by atoms with Crippen LogP contribution in [0.2, 0.25) is 0 Å². The lowest BCUT2D eigenvalue weighted by Gasteiger charge is -2.15. The number of aromatic nitrogens is 1. The van der Waals surface area contributed by atoms with Gasteiger partial charge in [0.05, 0.1) is 0 Å². The average Bonchev–Trinajstić information content (AvgIpc) is 2.62. The van der Waals surface area contributed by atoms with Gasteiger partial charge in [0.2, 0.25) is 0 Å². The first-order chi connectivity index (χ1) is 11.8. The molecule has 5 nitrogen and oxygen atoms in total. The molecule has 0 saturated carbocycles. The van der Waals surface area contributed by atoms with Crippen LogP contribution >= 0.6 is 0 Å². The molecule has 0 saturated heterocycles. The number of nitrogens with zero attached hydrogens (tertiary/aromatic N) is 1. The van der Waals surface area contributed by atoms with E-state index in [1.54, 1.807) is 0 Å². The van der Waals surface area contributed by atoms with E-state index in [2.05, 4.69) is 39.9 Å². The predicted octanol–water partition coefficient (Wildman–Crippen LogP) is 2.91. The van der Waals surface area contributed by atoms with E-state index in [0.29, 0.717) is 13.1 Å². The second-order valence-electron chi connectivity index (χ2n) is 5.92. The SMILES string of the molecule is NCCCNc1ccc(NCCCN)c2cc3cnccc3cc12. The van der Waals surface area contributed by atoms with Crippen molar-refractivity contribution in [2.45, 2.75) is 12.8 Å². The maximum Gasteiger partial charge on any atom is 0.0421 e. The number of fused-ring (bicyclic) bond motifs is 2. The monoisotopic (exact) mass is 323 g/mol. The molecule has 0 aliphatic rings. The molecule has 126 valence electrons. The number of hydrogen-bond donors (Lipinski definition) is 4. The molecule has 0 fully saturated rings. The van der Waals surface area contributed by atoms with Crippen LogP contribution in [0.3, 0.4) is 0 Å². The Bertz CT molecular complexity index is 747. The second-order valence-corrected chi connectivity index (χ2v) is 5.92. The van der Waals surface area contributed by atoms with Crippen LogP contribution in [0.4, 0.5) is 11.4 Å². The van der Waals surface area contributed by atoms with Crippen molar-refractivity contribution in [2.75, 3.05) is 36.8 Å². The molecule has 24 heavy (non-hydrogen) atoms. The van der Waals surface area contributed by atoms with E-state index in [0.717, 1.165) is 42.7 Å². The van der Waals surface area contributed by atoms with Crippen molar-refractivity contribution in [1.82, 2.24) is 4.98 Å². The Morgan fingerprint density at radius 3 is 1.96 bits per heavy atom. The predicted molar refractivity (Wildman–Crippen MR) is 104 cm³/mol. The Labute approximate surface area is 142 Å². The highest BCUT2D eigenvalue weighted by Gasteiger charge is 2.08. The molecule has 2 aromatic carbocycles.